The summed E-state index contributed by atoms with van der Waals surface area (Å²) >= 11 is 5.81. The summed E-state index contributed by atoms with van der Waals surface area (Å²) in [6.45, 7) is 3.86. The Kier molecular flexibility index (Phi) is 2.32. The number of hydrogen-bond donors (Lipinski definition) is 1. The molecule has 15 heavy (non-hydrogen) atoms. The van der Waals surface area contributed by atoms with Crippen molar-refractivity contribution in [3.63, 3.8) is 0 Å². The summed E-state index contributed by atoms with van der Waals surface area (Å²) in [6, 6.07) is 0. The van der Waals surface area contributed by atoms with Crippen LogP contribution in [-0.4, -0.2) is 19.5 Å². The van der Waals surface area contributed by atoms with Crippen molar-refractivity contribution >= 4 is 17.3 Å². The van der Waals surface area contributed by atoms with Crippen LogP contribution in [0.5, 0.6) is 0 Å². The van der Waals surface area contributed by atoms with Crippen LogP contribution in [0.15, 0.2) is 12.7 Å². The lowest BCUT2D eigenvalue weighted by atomic mass is 10.3. The lowest BCUT2D eigenvalue weighted by Gasteiger charge is -2.07. The number of anilines is 1. The Morgan fingerprint density at radius 3 is 2.60 bits per heavy atom. The molecule has 2 N–H and O–H groups in total. The third-order valence-corrected chi connectivity index (χ3v) is 2.60. The van der Waals surface area contributed by atoms with Gasteiger partial charge in [-0.3, -0.25) is 4.57 Å². The molecule has 6 heteroatoms. The van der Waals surface area contributed by atoms with Crippen molar-refractivity contribution in [2.75, 3.05) is 5.73 Å². The summed E-state index contributed by atoms with van der Waals surface area (Å²) in [5.41, 5.74) is 8.07. The molecular formula is C9H10ClN5. The van der Waals surface area contributed by atoms with E-state index in [0.717, 1.165) is 11.4 Å². The molecule has 2 aromatic rings. The molecule has 0 amide bonds. The molecular weight excluding hydrogens is 214 g/mol. The number of nitrogen functional groups attached to an aromatic ring is 1. The summed E-state index contributed by atoms with van der Waals surface area (Å²) in [7, 11) is 0. The molecule has 0 bridgehead atoms. The molecule has 0 aliphatic rings. The first-order chi connectivity index (χ1) is 7.11. The highest BCUT2D eigenvalue weighted by molar-refractivity contribution is 6.32. The predicted molar refractivity (Wildman–Crippen MR) is 58.1 cm³/mol. The second-order valence-corrected chi connectivity index (χ2v) is 3.55. The number of aromatic nitrogens is 4. The van der Waals surface area contributed by atoms with Gasteiger partial charge in [0, 0.05) is 5.69 Å². The normalized spacial score (nSPS) is 10.6. The van der Waals surface area contributed by atoms with Crippen molar-refractivity contribution < 1.29 is 0 Å². The molecule has 0 atom stereocenters. The lowest BCUT2D eigenvalue weighted by Crippen LogP contribution is -2.05. The van der Waals surface area contributed by atoms with E-state index >= 15 is 0 Å². The van der Waals surface area contributed by atoms with Crippen LogP contribution in [0.2, 0.25) is 5.15 Å². The first-order valence-corrected chi connectivity index (χ1v) is 4.76. The van der Waals surface area contributed by atoms with Crippen molar-refractivity contribution in [2.45, 2.75) is 13.8 Å². The van der Waals surface area contributed by atoms with E-state index < -0.39 is 0 Å². The van der Waals surface area contributed by atoms with E-state index in [-0.39, 0.29) is 5.15 Å². The molecule has 2 rings (SSSR count). The van der Waals surface area contributed by atoms with Gasteiger partial charge in [-0.2, -0.15) is 0 Å². The zero-order valence-corrected chi connectivity index (χ0v) is 9.15. The number of nitrogens with zero attached hydrogens (tertiary/aromatic N) is 4. The number of halogens is 1. The number of rotatable bonds is 1. The second kappa shape index (κ2) is 3.51. The van der Waals surface area contributed by atoms with E-state index in [1.165, 1.54) is 6.33 Å². The van der Waals surface area contributed by atoms with Crippen LogP contribution in [0, 0.1) is 13.8 Å². The van der Waals surface area contributed by atoms with Gasteiger partial charge in [-0.15, -0.1) is 0 Å². The van der Waals surface area contributed by atoms with E-state index in [1.807, 2.05) is 13.8 Å². The quantitative estimate of drug-likeness (QED) is 0.745. The first-order valence-electron chi connectivity index (χ1n) is 4.38. The van der Waals surface area contributed by atoms with Gasteiger partial charge in [0.2, 0.25) is 0 Å². The van der Waals surface area contributed by atoms with Crippen molar-refractivity contribution in [2.24, 2.45) is 0 Å². The molecule has 0 aromatic carbocycles. The van der Waals surface area contributed by atoms with E-state index in [1.54, 1.807) is 10.9 Å². The van der Waals surface area contributed by atoms with Gasteiger partial charge in [0.1, 0.15) is 18.3 Å². The van der Waals surface area contributed by atoms with Gasteiger partial charge >= 0.3 is 0 Å². The van der Waals surface area contributed by atoms with Gasteiger partial charge in [0.25, 0.3) is 0 Å². The molecule has 0 saturated carbocycles. The molecule has 0 fully saturated rings. The Morgan fingerprint density at radius 1 is 1.27 bits per heavy atom. The van der Waals surface area contributed by atoms with Crippen LogP contribution in [0.4, 0.5) is 5.69 Å². The minimum atomic E-state index is 0.255. The van der Waals surface area contributed by atoms with E-state index in [4.69, 9.17) is 17.3 Å². The number of nitrogens with two attached hydrogens (primary N) is 1. The average molecular weight is 224 g/mol. The fourth-order valence-electron chi connectivity index (χ4n) is 1.27. The fourth-order valence-corrected chi connectivity index (χ4v) is 1.40. The van der Waals surface area contributed by atoms with Gasteiger partial charge in [-0.05, 0) is 13.8 Å². The predicted octanol–water partition coefficient (Wildman–Crippen LogP) is 1.51. The Bertz CT molecular complexity index is 505. The zero-order valence-electron chi connectivity index (χ0n) is 8.40. The van der Waals surface area contributed by atoms with Gasteiger partial charge in [-0.1, -0.05) is 11.6 Å². The van der Waals surface area contributed by atoms with Crippen molar-refractivity contribution in [3.05, 3.63) is 29.2 Å². The smallest absolute Gasteiger partial charge is 0.166 e. The van der Waals surface area contributed by atoms with Gasteiger partial charge in [0.15, 0.2) is 11.0 Å². The van der Waals surface area contributed by atoms with Gasteiger partial charge < -0.3 is 5.73 Å². The standard InChI is InChI=1S/C9H10ClN5/c1-5-6(2)15(4-14-5)9-7(11)8(10)12-3-13-9/h3-4H,11H2,1-2H3. The SMILES string of the molecule is Cc1ncn(-c2ncnc(Cl)c2N)c1C. The largest absolute Gasteiger partial charge is 0.393 e. The lowest BCUT2D eigenvalue weighted by molar-refractivity contribution is 0.939. The molecule has 2 aromatic heterocycles. The van der Waals surface area contributed by atoms with Crippen LogP contribution in [0.25, 0.3) is 5.82 Å². The topological polar surface area (TPSA) is 69.6 Å². The maximum atomic E-state index is 5.81. The molecule has 0 spiro atoms. The maximum absolute atomic E-state index is 5.81. The third kappa shape index (κ3) is 1.55. The molecule has 0 saturated heterocycles. The highest BCUT2D eigenvalue weighted by atomic mass is 35.5. The molecule has 0 aliphatic carbocycles. The molecule has 0 unspecified atom stereocenters. The Hall–Kier alpha value is -1.62. The highest BCUT2D eigenvalue weighted by Crippen LogP contribution is 2.22. The van der Waals surface area contributed by atoms with Gasteiger partial charge in [-0.25, -0.2) is 15.0 Å². The second-order valence-electron chi connectivity index (χ2n) is 3.19. The Labute approximate surface area is 91.9 Å². The summed E-state index contributed by atoms with van der Waals surface area (Å²) in [6.07, 6.45) is 3.04. The average Bonchev–Trinajstić information content (AvgIpc) is 2.53. The number of imidazole rings is 1. The van der Waals surface area contributed by atoms with Crippen LogP contribution in [0.1, 0.15) is 11.4 Å². The molecule has 2 heterocycles. The summed E-state index contributed by atoms with van der Waals surface area (Å²) in [4.78, 5) is 12.1. The molecule has 0 aliphatic heterocycles. The molecule has 78 valence electrons. The van der Waals surface area contributed by atoms with E-state index in [0.29, 0.717) is 11.5 Å². The molecule has 5 nitrogen and oxygen atoms in total. The van der Waals surface area contributed by atoms with Crippen LogP contribution in [-0.2, 0) is 0 Å². The first kappa shape index (κ1) is 9.92. The zero-order chi connectivity index (χ0) is 11.0. The monoisotopic (exact) mass is 223 g/mol. The minimum Gasteiger partial charge on any atom is -0.393 e. The summed E-state index contributed by atoms with van der Waals surface area (Å²) in [5.74, 6) is 0.563. The van der Waals surface area contributed by atoms with Crippen LogP contribution in [0.3, 0.4) is 0 Å². The summed E-state index contributed by atoms with van der Waals surface area (Å²) in [5, 5.41) is 0.255. The Morgan fingerprint density at radius 2 is 2.00 bits per heavy atom. The fraction of sp³-hybridized carbons (Fsp3) is 0.222. The number of aryl methyl sites for hydroxylation is 1. The summed E-state index contributed by atoms with van der Waals surface area (Å²) < 4.78 is 1.79. The van der Waals surface area contributed by atoms with Crippen LogP contribution >= 0.6 is 11.6 Å². The Balaban J connectivity index is 2.64. The third-order valence-electron chi connectivity index (χ3n) is 2.29. The van der Waals surface area contributed by atoms with Crippen molar-refractivity contribution in [1.29, 1.82) is 0 Å². The van der Waals surface area contributed by atoms with Gasteiger partial charge in [0.05, 0.1) is 5.69 Å². The van der Waals surface area contributed by atoms with Crippen molar-refractivity contribution in [3.8, 4) is 5.82 Å². The van der Waals surface area contributed by atoms with Crippen LogP contribution < -0.4 is 5.73 Å². The molecule has 0 radical (unpaired) electrons. The highest BCUT2D eigenvalue weighted by Gasteiger charge is 2.11. The van der Waals surface area contributed by atoms with E-state index in [9.17, 15) is 0 Å². The minimum absolute atomic E-state index is 0.255. The van der Waals surface area contributed by atoms with Crippen molar-refractivity contribution in [1.82, 2.24) is 19.5 Å². The van der Waals surface area contributed by atoms with E-state index in [2.05, 4.69) is 15.0 Å². The number of hydrogen-bond acceptors (Lipinski definition) is 4. The maximum Gasteiger partial charge on any atom is 0.166 e.